The lowest BCUT2D eigenvalue weighted by molar-refractivity contribution is 0.609. The molecule has 0 radical (unpaired) electrons. The molecule has 0 saturated heterocycles. The van der Waals surface area contributed by atoms with Gasteiger partial charge in [0, 0.05) is 16.9 Å². The van der Waals surface area contributed by atoms with Crippen molar-refractivity contribution in [1.82, 2.24) is 0 Å². The lowest BCUT2D eigenvalue weighted by Crippen LogP contribution is -2.07. The maximum atomic E-state index is 11.2. The van der Waals surface area contributed by atoms with Gasteiger partial charge in [0.1, 0.15) is 5.50 Å². The number of halogens is 3. The summed E-state index contributed by atoms with van der Waals surface area (Å²) in [6, 6.07) is 4.41. The molecule has 0 N–H and O–H groups in total. The van der Waals surface area contributed by atoms with E-state index in [0.717, 1.165) is 5.56 Å². The number of rotatable bonds is 1. The van der Waals surface area contributed by atoms with E-state index in [1.165, 1.54) is 18.3 Å². The lowest BCUT2D eigenvalue weighted by atomic mass is 10.0. The summed E-state index contributed by atoms with van der Waals surface area (Å²) in [4.78, 5) is 3.95. The number of hydrogen-bond donors (Lipinski definition) is 0. The highest BCUT2D eigenvalue weighted by Gasteiger charge is 2.23. The molecule has 2 unspecified atom stereocenters. The number of benzene rings is 1. The van der Waals surface area contributed by atoms with Crippen molar-refractivity contribution in [3.63, 3.8) is 0 Å². The van der Waals surface area contributed by atoms with E-state index < -0.39 is 19.9 Å². The Bertz CT molecular complexity index is 556. The van der Waals surface area contributed by atoms with Crippen LogP contribution < -0.4 is 0 Å². The molecule has 1 aliphatic rings. The first-order valence-electron chi connectivity index (χ1n) is 4.29. The Kier molecular flexibility index (Phi) is 3.18. The van der Waals surface area contributed by atoms with Crippen molar-refractivity contribution in [3.8, 4) is 0 Å². The minimum absolute atomic E-state index is 0.000432. The van der Waals surface area contributed by atoms with Crippen molar-refractivity contribution in [1.29, 1.82) is 0 Å². The van der Waals surface area contributed by atoms with Gasteiger partial charge >= 0.3 is 0 Å². The quantitative estimate of drug-likeness (QED) is 0.454. The zero-order valence-electron chi connectivity index (χ0n) is 7.77. The SMILES string of the molecule is O=S(=O)(Cl)c1ccc2c(c1)C(Cl)N=CC2Cl. The molecule has 0 saturated carbocycles. The highest BCUT2D eigenvalue weighted by Crippen LogP contribution is 2.37. The van der Waals surface area contributed by atoms with Crippen molar-refractivity contribution in [2.24, 2.45) is 4.99 Å². The minimum Gasteiger partial charge on any atom is -0.271 e. The number of nitrogens with zero attached hydrogens (tertiary/aromatic N) is 1. The van der Waals surface area contributed by atoms with Crippen molar-refractivity contribution in [2.45, 2.75) is 15.8 Å². The van der Waals surface area contributed by atoms with Crippen molar-refractivity contribution < 1.29 is 8.42 Å². The van der Waals surface area contributed by atoms with E-state index in [1.54, 1.807) is 6.07 Å². The molecular formula is C9H6Cl3NO2S. The molecule has 1 aromatic rings. The van der Waals surface area contributed by atoms with Gasteiger partial charge in [0.25, 0.3) is 9.05 Å². The first-order valence-corrected chi connectivity index (χ1v) is 7.48. The third kappa shape index (κ3) is 2.20. The molecule has 0 aromatic heterocycles. The summed E-state index contributed by atoms with van der Waals surface area (Å²) >= 11 is 11.9. The van der Waals surface area contributed by atoms with Gasteiger partial charge in [-0.25, -0.2) is 8.42 Å². The molecule has 0 fully saturated rings. The average molecular weight is 299 g/mol. The zero-order chi connectivity index (χ0) is 11.9. The molecule has 7 heteroatoms. The molecule has 0 bridgehead atoms. The van der Waals surface area contributed by atoms with Crippen LogP contribution in [0.2, 0.25) is 0 Å². The lowest BCUT2D eigenvalue weighted by Gasteiger charge is -2.19. The smallest absolute Gasteiger partial charge is 0.261 e. The topological polar surface area (TPSA) is 46.5 Å². The average Bonchev–Trinajstić information content (AvgIpc) is 2.22. The van der Waals surface area contributed by atoms with E-state index in [1.807, 2.05) is 0 Å². The Morgan fingerprint density at radius 3 is 2.50 bits per heavy atom. The molecule has 86 valence electrons. The van der Waals surface area contributed by atoms with Gasteiger partial charge in [-0.15, -0.1) is 11.6 Å². The van der Waals surface area contributed by atoms with Crippen LogP contribution in [0.15, 0.2) is 28.1 Å². The highest BCUT2D eigenvalue weighted by molar-refractivity contribution is 8.13. The molecule has 3 nitrogen and oxygen atoms in total. The fraction of sp³-hybridized carbons (Fsp3) is 0.222. The fourth-order valence-corrected chi connectivity index (χ4v) is 2.78. The van der Waals surface area contributed by atoms with Gasteiger partial charge in [0.2, 0.25) is 0 Å². The van der Waals surface area contributed by atoms with Crippen LogP contribution in [0, 0.1) is 0 Å². The van der Waals surface area contributed by atoms with Crippen molar-refractivity contribution in [2.75, 3.05) is 0 Å². The van der Waals surface area contributed by atoms with Gasteiger partial charge in [-0.2, -0.15) is 0 Å². The molecule has 2 atom stereocenters. The first kappa shape index (κ1) is 12.2. The van der Waals surface area contributed by atoms with Crippen LogP contribution in [0.3, 0.4) is 0 Å². The van der Waals surface area contributed by atoms with E-state index in [4.69, 9.17) is 33.9 Å². The summed E-state index contributed by atoms with van der Waals surface area (Å²) in [7, 11) is 1.48. The molecular weight excluding hydrogens is 293 g/mol. The van der Waals surface area contributed by atoms with Crippen molar-refractivity contribution in [3.05, 3.63) is 29.3 Å². The van der Waals surface area contributed by atoms with Crippen LogP contribution in [0.1, 0.15) is 22.0 Å². The number of aliphatic imine (C=N–C) groups is 1. The van der Waals surface area contributed by atoms with Crippen LogP contribution in [0.5, 0.6) is 0 Å². The molecule has 0 spiro atoms. The van der Waals surface area contributed by atoms with Crippen LogP contribution in [-0.2, 0) is 9.05 Å². The van der Waals surface area contributed by atoms with Gasteiger partial charge < -0.3 is 0 Å². The van der Waals surface area contributed by atoms with Gasteiger partial charge in [0.15, 0.2) is 0 Å². The zero-order valence-corrected chi connectivity index (χ0v) is 10.9. The number of alkyl halides is 2. The molecule has 16 heavy (non-hydrogen) atoms. The summed E-state index contributed by atoms with van der Waals surface area (Å²) in [6.07, 6.45) is 1.52. The second-order valence-corrected chi connectivity index (χ2v) is 6.71. The third-order valence-corrected chi connectivity index (χ3v) is 4.29. The van der Waals surface area contributed by atoms with Crippen LogP contribution in [-0.4, -0.2) is 14.6 Å². The monoisotopic (exact) mass is 297 g/mol. The molecule has 0 amide bonds. The van der Waals surface area contributed by atoms with Crippen molar-refractivity contribution >= 4 is 49.1 Å². The number of hydrogen-bond acceptors (Lipinski definition) is 3. The van der Waals surface area contributed by atoms with Gasteiger partial charge in [-0.05, 0) is 23.3 Å². The Balaban J connectivity index is 2.60. The van der Waals surface area contributed by atoms with Crippen LogP contribution in [0.25, 0.3) is 0 Å². The van der Waals surface area contributed by atoms with E-state index in [-0.39, 0.29) is 4.90 Å². The predicted molar refractivity (Wildman–Crippen MR) is 65.2 cm³/mol. The van der Waals surface area contributed by atoms with E-state index in [2.05, 4.69) is 4.99 Å². The fourth-order valence-electron chi connectivity index (χ4n) is 1.47. The normalized spacial score (nSPS) is 24.2. The molecule has 0 aliphatic carbocycles. The summed E-state index contributed by atoms with van der Waals surface area (Å²) in [5.74, 6) is 0. The third-order valence-electron chi connectivity index (χ3n) is 2.24. The van der Waals surface area contributed by atoms with Gasteiger partial charge in [-0.3, -0.25) is 4.99 Å². The first-order chi connectivity index (χ1) is 7.39. The van der Waals surface area contributed by atoms with E-state index in [0.29, 0.717) is 5.56 Å². The van der Waals surface area contributed by atoms with E-state index in [9.17, 15) is 8.42 Å². The Labute approximate surface area is 107 Å². The Hall–Kier alpha value is -0.290. The Morgan fingerprint density at radius 1 is 1.19 bits per heavy atom. The van der Waals surface area contributed by atoms with Gasteiger partial charge in [-0.1, -0.05) is 17.7 Å². The minimum atomic E-state index is -3.76. The maximum absolute atomic E-state index is 11.2. The second kappa shape index (κ2) is 4.18. The van der Waals surface area contributed by atoms with E-state index >= 15 is 0 Å². The predicted octanol–water partition coefficient (Wildman–Crippen LogP) is 3.22. The Morgan fingerprint density at radius 2 is 1.88 bits per heavy atom. The standard InChI is InChI=1S/C9H6Cl3NO2S/c10-8-4-13-9(11)7-3-5(16(12,14)15)1-2-6(7)8/h1-4,8-9H. The highest BCUT2D eigenvalue weighted by atomic mass is 35.7. The summed E-state index contributed by atoms with van der Waals surface area (Å²) in [6.45, 7) is 0. The van der Waals surface area contributed by atoms with Gasteiger partial charge in [0.05, 0.1) is 10.3 Å². The molecule has 1 heterocycles. The molecule has 1 aliphatic heterocycles. The van der Waals surface area contributed by atoms with Crippen LogP contribution in [0.4, 0.5) is 0 Å². The number of fused-ring (bicyclic) bond motifs is 1. The van der Waals surface area contributed by atoms with Crippen LogP contribution >= 0.6 is 33.9 Å². The molecule has 1 aromatic carbocycles. The summed E-state index contributed by atoms with van der Waals surface area (Å²) in [5.41, 5.74) is 0.704. The second-order valence-electron chi connectivity index (χ2n) is 3.26. The largest absolute Gasteiger partial charge is 0.271 e. The summed E-state index contributed by atoms with van der Waals surface area (Å²) in [5, 5.41) is -0.392. The maximum Gasteiger partial charge on any atom is 0.261 e. The molecule has 2 rings (SSSR count). The summed E-state index contributed by atoms with van der Waals surface area (Å²) < 4.78 is 22.3.